The van der Waals surface area contributed by atoms with Crippen LogP contribution in [0.25, 0.3) is 11.4 Å². The van der Waals surface area contributed by atoms with Crippen molar-refractivity contribution < 1.29 is 4.42 Å². The molecular formula is C11H14BrN5O. The van der Waals surface area contributed by atoms with Crippen molar-refractivity contribution in [3.05, 3.63) is 17.0 Å². The average molecular weight is 312 g/mol. The Labute approximate surface area is 113 Å². The maximum absolute atomic E-state index is 5.20. The second-order valence-corrected chi connectivity index (χ2v) is 5.11. The van der Waals surface area contributed by atoms with E-state index in [1.165, 1.54) is 0 Å². The number of halogens is 1. The quantitative estimate of drug-likeness (QED) is 0.882. The molecule has 18 heavy (non-hydrogen) atoms. The maximum atomic E-state index is 5.20. The Bertz CT molecular complexity index is 537. The van der Waals surface area contributed by atoms with Gasteiger partial charge in [0.25, 0.3) is 0 Å². The fraction of sp³-hybridized carbons (Fsp3) is 0.455. The second kappa shape index (κ2) is 4.74. The van der Waals surface area contributed by atoms with Gasteiger partial charge in [-0.3, -0.25) is 5.10 Å². The van der Waals surface area contributed by atoms with Gasteiger partial charge < -0.3 is 14.6 Å². The SMILES string of the molecule is CC1CN(c2n[nH]c(-c3ccoc3Br)n2)CCN1. The number of aromatic nitrogens is 3. The summed E-state index contributed by atoms with van der Waals surface area (Å²) in [5, 5.41) is 10.6. The Kier molecular flexibility index (Phi) is 3.09. The topological polar surface area (TPSA) is 70.0 Å². The molecule has 7 heteroatoms. The lowest BCUT2D eigenvalue weighted by Gasteiger charge is -2.30. The molecule has 6 nitrogen and oxygen atoms in total. The Balaban J connectivity index is 1.83. The lowest BCUT2D eigenvalue weighted by Crippen LogP contribution is -2.49. The Morgan fingerprint density at radius 2 is 2.44 bits per heavy atom. The van der Waals surface area contributed by atoms with Crippen LogP contribution in [0, 0.1) is 0 Å². The minimum absolute atomic E-state index is 0.460. The molecule has 2 aromatic rings. The van der Waals surface area contributed by atoms with E-state index in [9.17, 15) is 0 Å². The highest BCUT2D eigenvalue weighted by Crippen LogP contribution is 2.27. The van der Waals surface area contributed by atoms with Crippen LogP contribution in [-0.2, 0) is 0 Å². The molecule has 1 atom stereocenters. The first kappa shape index (κ1) is 11.7. The largest absolute Gasteiger partial charge is 0.457 e. The van der Waals surface area contributed by atoms with Crippen molar-refractivity contribution in [2.24, 2.45) is 0 Å². The number of H-pyrrole nitrogens is 1. The third-order valence-corrected chi connectivity index (χ3v) is 3.61. The summed E-state index contributed by atoms with van der Waals surface area (Å²) in [5.74, 6) is 1.46. The van der Waals surface area contributed by atoms with E-state index in [1.807, 2.05) is 6.07 Å². The normalized spacial score (nSPS) is 20.3. The van der Waals surface area contributed by atoms with E-state index < -0.39 is 0 Å². The van der Waals surface area contributed by atoms with Gasteiger partial charge in [0.2, 0.25) is 5.95 Å². The molecule has 0 spiro atoms. The predicted molar refractivity (Wildman–Crippen MR) is 71.5 cm³/mol. The molecule has 1 saturated heterocycles. The molecule has 2 N–H and O–H groups in total. The fourth-order valence-electron chi connectivity index (χ4n) is 2.09. The van der Waals surface area contributed by atoms with Crippen LogP contribution in [0.1, 0.15) is 6.92 Å². The first-order chi connectivity index (χ1) is 8.74. The van der Waals surface area contributed by atoms with Crippen LogP contribution in [0.2, 0.25) is 0 Å². The zero-order valence-corrected chi connectivity index (χ0v) is 11.6. The number of anilines is 1. The molecule has 0 saturated carbocycles. The van der Waals surface area contributed by atoms with Crippen LogP contribution in [0.3, 0.4) is 0 Å². The number of hydrogen-bond acceptors (Lipinski definition) is 5. The van der Waals surface area contributed by atoms with E-state index in [0.29, 0.717) is 10.7 Å². The number of aromatic amines is 1. The van der Waals surface area contributed by atoms with Crippen LogP contribution in [0.15, 0.2) is 21.4 Å². The minimum atomic E-state index is 0.460. The standard InChI is InChI=1S/C11H14BrN5O/c1-7-6-17(4-3-13-7)11-14-10(15-16-11)8-2-5-18-9(8)12/h2,5,7,13H,3-4,6H2,1H3,(H,14,15,16). The van der Waals surface area contributed by atoms with Gasteiger partial charge in [0, 0.05) is 25.7 Å². The summed E-state index contributed by atoms with van der Waals surface area (Å²) in [5.41, 5.74) is 0.886. The lowest BCUT2D eigenvalue weighted by atomic mass is 10.2. The fourth-order valence-corrected chi connectivity index (χ4v) is 2.52. The van der Waals surface area contributed by atoms with Gasteiger partial charge in [-0.15, -0.1) is 5.10 Å². The third-order valence-electron chi connectivity index (χ3n) is 3.00. The molecule has 3 rings (SSSR count). The highest BCUT2D eigenvalue weighted by molar-refractivity contribution is 9.10. The van der Waals surface area contributed by atoms with Gasteiger partial charge in [0.1, 0.15) is 0 Å². The highest BCUT2D eigenvalue weighted by Gasteiger charge is 2.20. The van der Waals surface area contributed by atoms with Crippen LogP contribution in [-0.4, -0.2) is 40.9 Å². The van der Waals surface area contributed by atoms with E-state index in [4.69, 9.17) is 4.42 Å². The number of nitrogens with zero attached hydrogens (tertiary/aromatic N) is 3. The summed E-state index contributed by atoms with van der Waals surface area (Å²) in [4.78, 5) is 6.69. The summed E-state index contributed by atoms with van der Waals surface area (Å²) in [6.45, 7) is 4.96. The second-order valence-electron chi connectivity index (χ2n) is 4.39. The van der Waals surface area contributed by atoms with Crippen molar-refractivity contribution in [1.82, 2.24) is 20.5 Å². The van der Waals surface area contributed by atoms with Crippen molar-refractivity contribution in [1.29, 1.82) is 0 Å². The van der Waals surface area contributed by atoms with Gasteiger partial charge in [-0.1, -0.05) is 0 Å². The summed E-state index contributed by atoms with van der Waals surface area (Å²) in [7, 11) is 0. The van der Waals surface area contributed by atoms with Gasteiger partial charge >= 0.3 is 0 Å². The monoisotopic (exact) mass is 311 g/mol. The number of piperazine rings is 1. The van der Waals surface area contributed by atoms with Crippen molar-refractivity contribution in [2.45, 2.75) is 13.0 Å². The number of rotatable bonds is 2. The van der Waals surface area contributed by atoms with Gasteiger partial charge in [-0.2, -0.15) is 4.98 Å². The van der Waals surface area contributed by atoms with E-state index in [2.05, 4.69) is 48.3 Å². The summed E-state index contributed by atoms with van der Waals surface area (Å²) in [6, 6.07) is 2.32. The smallest absolute Gasteiger partial charge is 0.245 e. The van der Waals surface area contributed by atoms with Crippen molar-refractivity contribution >= 4 is 21.9 Å². The third kappa shape index (κ3) is 2.15. The maximum Gasteiger partial charge on any atom is 0.245 e. The molecule has 1 unspecified atom stereocenters. The zero-order valence-electron chi connectivity index (χ0n) is 9.98. The summed E-state index contributed by atoms with van der Waals surface area (Å²) >= 11 is 3.34. The predicted octanol–water partition coefficient (Wildman–Crippen LogP) is 1.63. The molecule has 0 bridgehead atoms. The molecule has 1 fully saturated rings. The summed E-state index contributed by atoms with van der Waals surface area (Å²) in [6.07, 6.45) is 1.62. The van der Waals surface area contributed by atoms with Crippen molar-refractivity contribution in [3.8, 4) is 11.4 Å². The minimum Gasteiger partial charge on any atom is -0.457 e. The number of nitrogens with one attached hydrogen (secondary N) is 2. The van der Waals surface area contributed by atoms with E-state index in [-0.39, 0.29) is 0 Å². The number of furan rings is 1. The van der Waals surface area contributed by atoms with Gasteiger partial charge in [-0.05, 0) is 28.9 Å². The molecule has 0 aliphatic carbocycles. The first-order valence-corrected chi connectivity index (χ1v) is 6.67. The molecule has 96 valence electrons. The van der Waals surface area contributed by atoms with Crippen LogP contribution in [0.5, 0.6) is 0 Å². The number of hydrogen-bond donors (Lipinski definition) is 2. The molecule has 2 aromatic heterocycles. The first-order valence-electron chi connectivity index (χ1n) is 5.88. The zero-order chi connectivity index (χ0) is 12.5. The Morgan fingerprint density at radius 3 is 3.17 bits per heavy atom. The van der Waals surface area contributed by atoms with E-state index in [0.717, 1.165) is 37.0 Å². The molecule has 0 radical (unpaired) electrons. The molecule has 0 aromatic carbocycles. The Hall–Kier alpha value is -1.34. The van der Waals surface area contributed by atoms with Crippen LogP contribution in [0.4, 0.5) is 5.95 Å². The van der Waals surface area contributed by atoms with Crippen LogP contribution >= 0.6 is 15.9 Å². The molecule has 1 aliphatic heterocycles. The molecule has 0 amide bonds. The summed E-state index contributed by atoms with van der Waals surface area (Å²) < 4.78 is 5.86. The van der Waals surface area contributed by atoms with Crippen molar-refractivity contribution in [3.63, 3.8) is 0 Å². The highest BCUT2D eigenvalue weighted by atomic mass is 79.9. The lowest BCUT2D eigenvalue weighted by molar-refractivity contribution is 0.480. The van der Waals surface area contributed by atoms with Crippen LogP contribution < -0.4 is 10.2 Å². The molecule has 1 aliphatic rings. The average Bonchev–Trinajstić information content (AvgIpc) is 2.97. The molecular weight excluding hydrogens is 298 g/mol. The van der Waals surface area contributed by atoms with Gasteiger partial charge in [0.05, 0.1) is 11.8 Å². The van der Waals surface area contributed by atoms with Gasteiger partial charge in [-0.25, -0.2) is 0 Å². The van der Waals surface area contributed by atoms with Gasteiger partial charge in [0.15, 0.2) is 10.5 Å². The molecule has 3 heterocycles. The van der Waals surface area contributed by atoms with E-state index >= 15 is 0 Å². The van der Waals surface area contributed by atoms with Crippen molar-refractivity contribution in [2.75, 3.05) is 24.5 Å². The Morgan fingerprint density at radius 1 is 1.56 bits per heavy atom. The van der Waals surface area contributed by atoms with E-state index in [1.54, 1.807) is 6.26 Å².